The summed E-state index contributed by atoms with van der Waals surface area (Å²) in [6, 6.07) is 0. The lowest BCUT2D eigenvalue weighted by Crippen LogP contribution is -2.09. The van der Waals surface area contributed by atoms with Crippen molar-refractivity contribution in [3.8, 4) is 0 Å². The minimum absolute atomic E-state index is 0.0581. The zero-order chi connectivity index (χ0) is 13.5. The largest absolute Gasteiger partial charge is 0.478 e. The van der Waals surface area contributed by atoms with Crippen LogP contribution in [0.4, 0.5) is 0 Å². The Hall–Kier alpha value is -1.67. The lowest BCUT2D eigenvalue weighted by molar-refractivity contribution is -0.138. The number of hydrogen-bond acceptors (Lipinski definition) is 5. The molecule has 0 unspecified atom stereocenters. The van der Waals surface area contributed by atoms with E-state index >= 15 is 0 Å². The maximum Gasteiger partial charge on any atom is 0.338 e. The number of carboxylic acid groups (broad SMARTS) is 1. The van der Waals surface area contributed by atoms with Gasteiger partial charge in [0, 0.05) is 6.08 Å². The molecule has 0 aromatic carbocycles. The summed E-state index contributed by atoms with van der Waals surface area (Å²) in [5.74, 6) is -2.39. The van der Waals surface area contributed by atoms with E-state index in [0.717, 1.165) is 6.08 Å². The first kappa shape index (κ1) is 15.3. The Morgan fingerprint density at radius 2 is 1.88 bits per heavy atom. The van der Waals surface area contributed by atoms with E-state index in [0.29, 0.717) is 12.5 Å². The van der Waals surface area contributed by atoms with Crippen molar-refractivity contribution in [2.75, 3.05) is 6.61 Å². The van der Waals surface area contributed by atoms with Crippen molar-refractivity contribution >= 4 is 22.1 Å². The van der Waals surface area contributed by atoms with Gasteiger partial charge in [0.05, 0.1) is 17.6 Å². The molecular weight excluding hydrogens is 252 g/mol. The number of carbonyl (C=O) groups excluding carboxylic acids is 1. The SMILES string of the molecule is CCCOC(=O)C(C=CC(=O)O)=CS(=O)(=O)O. The van der Waals surface area contributed by atoms with Crippen LogP contribution in [0, 0.1) is 0 Å². The fourth-order valence-electron chi connectivity index (χ4n) is 0.755. The van der Waals surface area contributed by atoms with Gasteiger partial charge in [-0.1, -0.05) is 6.92 Å². The van der Waals surface area contributed by atoms with E-state index < -0.39 is 27.6 Å². The number of esters is 1. The maximum atomic E-state index is 11.3. The zero-order valence-corrected chi connectivity index (χ0v) is 9.81. The number of ether oxygens (including phenoxy) is 1. The molecule has 0 fully saturated rings. The van der Waals surface area contributed by atoms with Crippen LogP contribution in [-0.2, 0) is 24.4 Å². The van der Waals surface area contributed by atoms with Gasteiger partial charge in [0.1, 0.15) is 0 Å². The van der Waals surface area contributed by atoms with Crippen LogP contribution in [0.15, 0.2) is 23.1 Å². The van der Waals surface area contributed by atoms with Gasteiger partial charge in [-0.05, 0) is 12.5 Å². The average Bonchev–Trinajstić information content (AvgIpc) is 2.18. The third-order valence-corrected chi connectivity index (χ3v) is 1.91. The predicted molar refractivity (Wildman–Crippen MR) is 57.7 cm³/mol. The highest BCUT2D eigenvalue weighted by Crippen LogP contribution is 2.04. The lowest BCUT2D eigenvalue weighted by atomic mass is 10.3. The minimum atomic E-state index is -4.55. The van der Waals surface area contributed by atoms with E-state index in [1.807, 2.05) is 0 Å². The normalized spacial score (nSPS) is 12.7. The summed E-state index contributed by atoms with van der Waals surface area (Å²) in [4.78, 5) is 21.5. The molecule has 0 atom stereocenters. The third-order valence-electron chi connectivity index (χ3n) is 1.35. The topological polar surface area (TPSA) is 118 Å². The van der Waals surface area contributed by atoms with Crippen molar-refractivity contribution in [1.82, 2.24) is 0 Å². The van der Waals surface area contributed by atoms with Gasteiger partial charge in [0.15, 0.2) is 0 Å². The average molecular weight is 264 g/mol. The first-order valence-electron chi connectivity index (χ1n) is 4.53. The number of rotatable bonds is 6. The van der Waals surface area contributed by atoms with E-state index in [2.05, 4.69) is 4.74 Å². The molecule has 0 amide bonds. The van der Waals surface area contributed by atoms with Gasteiger partial charge in [-0.2, -0.15) is 8.42 Å². The van der Waals surface area contributed by atoms with Crippen LogP contribution in [0.25, 0.3) is 0 Å². The summed E-state index contributed by atoms with van der Waals surface area (Å²) in [6.07, 6.45) is 1.81. The van der Waals surface area contributed by atoms with Gasteiger partial charge < -0.3 is 9.84 Å². The van der Waals surface area contributed by atoms with Crippen molar-refractivity contribution < 1.29 is 32.4 Å². The summed E-state index contributed by atoms with van der Waals surface area (Å²) in [5, 5.41) is 8.57. The molecule has 0 aliphatic heterocycles. The summed E-state index contributed by atoms with van der Waals surface area (Å²) in [5.41, 5.74) is -0.566. The van der Waals surface area contributed by atoms with Gasteiger partial charge in [0.2, 0.25) is 0 Å². The second-order valence-corrected chi connectivity index (χ2v) is 4.16. The van der Waals surface area contributed by atoms with E-state index in [-0.39, 0.29) is 12.0 Å². The van der Waals surface area contributed by atoms with Crippen molar-refractivity contribution in [2.24, 2.45) is 0 Å². The Kier molecular flexibility index (Phi) is 6.15. The molecule has 0 aliphatic rings. The number of hydrogen-bond donors (Lipinski definition) is 2. The number of aliphatic carboxylic acids is 1. The second kappa shape index (κ2) is 6.81. The molecular formula is C9H12O7S. The molecule has 7 nitrogen and oxygen atoms in total. The zero-order valence-electron chi connectivity index (χ0n) is 8.99. The molecule has 0 bridgehead atoms. The molecule has 0 heterocycles. The smallest absolute Gasteiger partial charge is 0.338 e. The highest BCUT2D eigenvalue weighted by molar-refractivity contribution is 7.88. The van der Waals surface area contributed by atoms with E-state index in [4.69, 9.17) is 9.66 Å². The van der Waals surface area contributed by atoms with Crippen molar-refractivity contribution in [3.05, 3.63) is 23.1 Å². The van der Waals surface area contributed by atoms with Crippen LogP contribution in [0.5, 0.6) is 0 Å². The van der Waals surface area contributed by atoms with E-state index in [1.54, 1.807) is 6.92 Å². The third kappa shape index (κ3) is 8.17. The molecule has 8 heteroatoms. The molecule has 0 radical (unpaired) electrons. The van der Waals surface area contributed by atoms with Crippen LogP contribution in [-0.4, -0.2) is 36.6 Å². The van der Waals surface area contributed by atoms with Gasteiger partial charge in [-0.3, -0.25) is 4.55 Å². The Morgan fingerprint density at radius 1 is 1.29 bits per heavy atom. The quantitative estimate of drug-likeness (QED) is 0.307. The Balaban J connectivity index is 5.06. The maximum absolute atomic E-state index is 11.3. The minimum Gasteiger partial charge on any atom is -0.478 e. The molecule has 0 spiro atoms. The predicted octanol–water partition coefficient (Wildman–Crippen LogP) is 0.352. The number of carboxylic acids is 1. The summed E-state index contributed by atoms with van der Waals surface area (Å²) in [7, 11) is -4.55. The van der Waals surface area contributed by atoms with Gasteiger partial charge in [0.25, 0.3) is 10.1 Å². The fraction of sp³-hybridized carbons (Fsp3) is 0.333. The van der Waals surface area contributed by atoms with Crippen LogP contribution in [0.2, 0.25) is 0 Å². The van der Waals surface area contributed by atoms with E-state index in [1.165, 1.54) is 0 Å². The molecule has 0 saturated heterocycles. The molecule has 0 aliphatic carbocycles. The highest BCUT2D eigenvalue weighted by Gasteiger charge is 2.12. The molecule has 0 aromatic rings. The van der Waals surface area contributed by atoms with Gasteiger partial charge in [-0.25, -0.2) is 9.59 Å². The molecule has 17 heavy (non-hydrogen) atoms. The second-order valence-electron chi connectivity index (χ2n) is 2.90. The molecule has 0 aromatic heterocycles. The van der Waals surface area contributed by atoms with Crippen molar-refractivity contribution in [3.63, 3.8) is 0 Å². The molecule has 0 rings (SSSR count). The molecule has 0 saturated carbocycles. The first-order chi connectivity index (χ1) is 7.76. The number of carbonyl (C=O) groups is 2. The Morgan fingerprint density at radius 3 is 2.29 bits per heavy atom. The van der Waals surface area contributed by atoms with Crippen molar-refractivity contribution in [1.29, 1.82) is 0 Å². The van der Waals surface area contributed by atoms with Crippen LogP contribution >= 0.6 is 0 Å². The van der Waals surface area contributed by atoms with Gasteiger partial charge in [-0.15, -0.1) is 0 Å². The summed E-state index contributed by atoms with van der Waals surface area (Å²) < 4.78 is 34.2. The monoisotopic (exact) mass is 264 g/mol. The van der Waals surface area contributed by atoms with Crippen LogP contribution in [0.1, 0.15) is 13.3 Å². The van der Waals surface area contributed by atoms with Crippen molar-refractivity contribution in [2.45, 2.75) is 13.3 Å². The first-order valence-corrected chi connectivity index (χ1v) is 6.04. The molecule has 2 N–H and O–H groups in total. The fourth-order valence-corrected chi connectivity index (χ4v) is 1.25. The Labute approximate surface area is 98.1 Å². The molecule has 96 valence electrons. The van der Waals surface area contributed by atoms with Crippen LogP contribution < -0.4 is 0 Å². The van der Waals surface area contributed by atoms with Crippen LogP contribution in [0.3, 0.4) is 0 Å². The Bertz CT molecular complexity index is 444. The lowest BCUT2D eigenvalue weighted by Gasteiger charge is -2.02. The standard InChI is InChI=1S/C9H12O7S/c1-2-5-16-9(12)7(3-4-8(10)11)6-17(13,14)15/h3-4,6H,2,5H2,1H3,(H,10,11)(H,13,14,15). The summed E-state index contributed by atoms with van der Waals surface area (Å²) >= 11 is 0. The highest BCUT2D eigenvalue weighted by atomic mass is 32.2. The van der Waals surface area contributed by atoms with Gasteiger partial charge >= 0.3 is 11.9 Å². The van der Waals surface area contributed by atoms with E-state index in [9.17, 15) is 18.0 Å². The summed E-state index contributed by atoms with van der Waals surface area (Å²) in [6.45, 7) is 1.79.